The lowest BCUT2D eigenvalue weighted by molar-refractivity contribution is -0.141. The number of nitrogens with two attached hydrogens (primary N) is 1. The summed E-state index contributed by atoms with van der Waals surface area (Å²) in [6.45, 7) is 2.92. The summed E-state index contributed by atoms with van der Waals surface area (Å²) in [4.78, 5) is 38.3. The normalized spacial score (nSPS) is 16.7. The molecular weight excluding hydrogens is 575 g/mol. The Balaban J connectivity index is 1.20. The fourth-order valence-electron chi connectivity index (χ4n) is 6.06. The van der Waals surface area contributed by atoms with E-state index >= 15 is 0 Å². The second-order valence-corrected chi connectivity index (χ2v) is 11.0. The van der Waals surface area contributed by atoms with Gasteiger partial charge in [0, 0.05) is 49.7 Å². The molecule has 0 radical (unpaired) electrons. The highest BCUT2D eigenvalue weighted by atomic mass is 19.4. The van der Waals surface area contributed by atoms with Crippen LogP contribution in [0.3, 0.4) is 0 Å². The average molecular weight is 608 g/mol. The van der Waals surface area contributed by atoms with Crippen LogP contribution < -0.4 is 16.4 Å². The molecule has 14 heteroatoms. The number of anilines is 3. The molecule has 2 fully saturated rings. The summed E-state index contributed by atoms with van der Waals surface area (Å²) in [5, 5.41) is 9.17. The van der Waals surface area contributed by atoms with E-state index in [1.54, 1.807) is 35.0 Å². The van der Waals surface area contributed by atoms with Crippen molar-refractivity contribution in [1.29, 1.82) is 0 Å². The molecule has 4 heterocycles. The van der Waals surface area contributed by atoms with Crippen LogP contribution in [-0.4, -0.2) is 73.5 Å². The highest BCUT2D eigenvalue weighted by molar-refractivity contribution is 6.07. The van der Waals surface area contributed by atoms with Gasteiger partial charge in [0.05, 0.1) is 5.56 Å². The maximum atomic E-state index is 13.9. The maximum Gasteiger partial charge on any atom is 0.433 e. The summed E-state index contributed by atoms with van der Waals surface area (Å²) >= 11 is 0. The number of nitrogens with zero attached hydrogens (tertiary/aromatic N) is 6. The predicted octanol–water partition coefficient (Wildman–Crippen LogP) is 5.13. The third-order valence-corrected chi connectivity index (χ3v) is 8.24. The Labute approximate surface area is 251 Å². The summed E-state index contributed by atoms with van der Waals surface area (Å²) in [6.07, 6.45) is 4.62. The second-order valence-electron chi connectivity index (χ2n) is 11.0. The molecule has 0 atom stereocenters. The quantitative estimate of drug-likeness (QED) is 0.287. The lowest BCUT2D eigenvalue weighted by Gasteiger charge is -2.40. The Kier molecular flexibility index (Phi) is 8.08. The topological polar surface area (TPSA) is 134 Å². The molecule has 6 rings (SSSR count). The first-order valence-electron chi connectivity index (χ1n) is 14.6. The molecule has 0 spiro atoms. The Hall–Kier alpha value is -4.72. The summed E-state index contributed by atoms with van der Waals surface area (Å²) < 4.78 is 40.4. The van der Waals surface area contributed by atoms with Crippen molar-refractivity contribution in [2.24, 2.45) is 0 Å². The lowest BCUT2D eigenvalue weighted by Crippen LogP contribution is -2.52. The van der Waals surface area contributed by atoms with Gasteiger partial charge in [-0.2, -0.15) is 18.3 Å². The Bertz CT molecular complexity index is 1660. The number of fused-ring (bicyclic) bond motifs is 1. The predicted molar refractivity (Wildman–Crippen MR) is 159 cm³/mol. The van der Waals surface area contributed by atoms with Gasteiger partial charge in [-0.15, -0.1) is 0 Å². The fourth-order valence-corrected chi connectivity index (χ4v) is 6.06. The average Bonchev–Trinajstić information content (AvgIpc) is 3.42. The van der Waals surface area contributed by atoms with Gasteiger partial charge in [0.25, 0.3) is 5.91 Å². The first-order valence-corrected chi connectivity index (χ1v) is 14.6. The molecule has 2 aliphatic rings. The van der Waals surface area contributed by atoms with Gasteiger partial charge in [0.2, 0.25) is 0 Å². The second kappa shape index (κ2) is 12.1. The van der Waals surface area contributed by atoms with Crippen LogP contribution in [0.25, 0.3) is 16.6 Å². The number of aromatic nitrogens is 4. The van der Waals surface area contributed by atoms with E-state index in [9.17, 15) is 22.8 Å². The number of piperazine rings is 1. The molecule has 1 saturated heterocycles. The highest BCUT2D eigenvalue weighted by Gasteiger charge is 2.33. The van der Waals surface area contributed by atoms with Crippen LogP contribution in [0.2, 0.25) is 0 Å². The Morgan fingerprint density at radius 1 is 0.932 bits per heavy atom. The van der Waals surface area contributed by atoms with Gasteiger partial charge in [0.15, 0.2) is 5.82 Å². The molecule has 3 aromatic heterocycles. The smallest absolute Gasteiger partial charge is 0.382 e. The Morgan fingerprint density at radius 3 is 2.36 bits per heavy atom. The van der Waals surface area contributed by atoms with Crippen LogP contribution in [0.1, 0.15) is 48.2 Å². The third-order valence-electron chi connectivity index (χ3n) is 8.24. The fraction of sp³-hybridized carbons (Fsp3) is 0.367. The molecule has 4 N–H and O–H groups in total. The lowest BCUT2D eigenvalue weighted by atomic mass is 9.93. The maximum absolute atomic E-state index is 13.9. The van der Waals surface area contributed by atoms with E-state index in [0.717, 1.165) is 25.2 Å². The van der Waals surface area contributed by atoms with Crippen LogP contribution >= 0.6 is 0 Å². The zero-order valence-corrected chi connectivity index (χ0v) is 23.8. The van der Waals surface area contributed by atoms with Crippen molar-refractivity contribution in [3.63, 3.8) is 0 Å². The van der Waals surface area contributed by atoms with Gasteiger partial charge in [-0.05, 0) is 42.7 Å². The van der Waals surface area contributed by atoms with Crippen LogP contribution in [0.5, 0.6) is 0 Å². The van der Waals surface area contributed by atoms with E-state index in [1.165, 1.54) is 44.5 Å². The van der Waals surface area contributed by atoms with Crippen LogP contribution in [0.4, 0.5) is 35.3 Å². The summed E-state index contributed by atoms with van der Waals surface area (Å²) in [5.74, 6) is -0.151. The monoisotopic (exact) mass is 607 g/mol. The van der Waals surface area contributed by atoms with Crippen molar-refractivity contribution in [3.05, 3.63) is 66.2 Å². The van der Waals surface area contributed by atoms with Gasteiger partial charge < -0.3 is 16.0 Å². The molecular formula is C30H32F3N9O2. The molecule has 1 aliphatic carbocycles. The van der Waals surface area contributed by atoms with E-state index < -0.39 is 17.9 Å². The van der Waals surface area contributed by atoms with Gasteiger partial charge in [-0.25, -0.2) is 19.3 Å². The van der Waals surface area contributed by atoms with E-state index in [2.05, 4.69) is 30.6 Å². The largest absolute Gasteiger partial charge is 0.433 e. The minimum atomic E-state index is -4.63. The third kappa shape index (κ3) is 6.16. The van der Waals surface area contributed by atoms with Gasteiger partial charge in [-0.3, -0.25) is 15.0 Å². The van der Waals surface area contributed by atoms with Crippen molar-refractivity contribution in [2.75, 3.05) is 42.5 Å². The van der Waals surface area contributed by atoms with Crippen LogP contribution in [-0.2, 0) is 6.18 Å². The minimum Gasteiger partial charge on any atom is -0.382 e. The van der Waals surface area contributed by atoms with Crippen LogP contribution in [0.15, 0.2) is 55.0 Å². The zero-order valence-electron chi connectivity index (χ0n) is 23.8. The van der Waals surface area contributed by atoms with Crippen molar-refractivity contribution < 1.29 is 22.8 Å². The standard InChI is InChI=1S/C30H32F3N9O2/c31-30(32,33)23-7-4-8-24(38-23)39-29(44)37-20-11-9-19(10-12-20)25-22(17-42-26(25)27(34)35-18-36-42)28(43)41-15-13-40(14-16-41)21-5-2-1-3-6-21/h4,7-12,17-18,21H,1-3,5-6,13-16H2,(H2,34,35,36)(H2,37,38,39,44). The number of alkyl halides is 3. The van der Waals surface area contributed by atoms with E-state index in [0.29, 0.717) is 47.0 Å². The number of halogens is 3. The first kappa shape index (κ1) is 29.4. The molecule has 1 aliphatic heterocycles. The molecule has 0 unspecified atom stereocenters. The SMILES string of the molecule is Nc1ncnn2cc(C(=O)N3CCN(C4CCCCC4)CC3)c(-c3ccc(NC(=O)Nc4cccc(C(F)(F)F)n4)cc3)c12. The summed E-state index contributed by atoms with van der Waals surface area (Å²) in [6, 6.07) is 9.75. The highest BCUT2D eigenvalue weighted by Crippen LogP contribution is 2.34. The number of urea groups is 1. The number of nitrogen functional groups attached to an aromatic ring is 1. The molecule has 0 bridgehead atoms. The Morgan fingerprint density at radius 2 is 1.66 bits per heavy atom. The summed E-state index contributed by atoms with van der Waals surface area (Å²) in [5.41, 5.74) is 7.68. The number of hydrogen-bond acceptors (Lipinski definition) is 7. The van der Waals surface area contributed by atoms with Crippen molar-refractivity contribution in [1.82, 2.24) is 29.4 Å². The van der Waals surface area contributed by atoms with Crippen molar-refractivity contribution in [2.45, 2.75) is 44.3 Å². The number of pyridine rings is 1. The molecule has 44 heavy (non-hydrogen) atoms. The van der Waals surface area contributed by atoms with Crippen LogP contribution in [0, 0.1) is 0 Å². The van der Waals surface area contributed by atoms with E-state index in [4.69, 9.17) is 5.73 Å². The van der Waals surface area contributed by atoms with Gasteiger partial charge >= 0.3 is 12.2 Å². The molecule has 3 amide bonds. The number of rotatable bonds is 5. The number of carbonyl (C=O) groups excluding carboxylic acids is 2. The van der Waals surface area contributed by atoms with Gasteiger partial charge in [-0.1, -0.05) is 37.5 Å². The van der Waals surface area contributed by atoms with Gasteiger partial charge in [0.1, 0.15) is 23.4 Å². The first-order chi connectivity index (χ1) is 21.2. The number of amides is 3. The molecule has 230 valence electrons. The number of carbonyl (C=O) groups is 2. The molecule has 4 aromatic rings. The molecule has 1 aromatic carbocycles. The van der Waals surface area contributed by atoms with Crippen molar-refractivity contribution in [3.8, 4) is 11.1 Å². The van der Waals surface area contributed by atoms with E-state index in [-0.39, 0.29) is 17.5 Å². The van der Waals surface area contributed by atoms with Crippen molar-refractivity contribution >= 4 is 34.8 Å². The molecule has 11 nitrogen and oxygen atoms in total. The van der Waals surface area contributed by atoms with E-state index in [1.807, 2.05) is 4.90 Å². The zero-order chi connectivity index (χ0) is 30.8. The summed E-state index contributed by atoms with van der Waals surface area (Å²) in [7, 11) is 0. The molecule has 1 saturated carbocycles. The number of benzene rings is 1. The number of hydrogen-bond donors (Lipinski definition) is 3. The minimum absolute atomic E-state index is 0.122. The number of nitrogens with one attached hydrogen (secondary N) is 2.